The average Bonchev–Trinajstić information content (AvgIpc) is 3.24. The Morgan fingerprint density at radius 1 is 1.21 bits per heavy atom. The van der Waals surface area contributed by atoms with E-state index in [9.17, 15) is 22.4 Å². The van der Waals surface area contributed by atoms with Gasteiger partial charge in [0.05, 0.1) is 23.9 Å². The number of amides is 1. The van der Waals surface area contributed by atoms with Gasteiger partial charge in [-0.2, -0.15) is 18.2 Å². The van der Waals surface area contributed by atoms with Crippen LogP contribution in [0.4, 0.5) is 17.6 Å². The van der Waals surface area contributed by atoms with Crippen molar-refractivity contribution < 1.29 is 26.8 Å². The number of halogens is 4. The standard InChI is InChI=1S/C20H18F4N2O2S/c1-19(2,3)16-11-26(10-13-5-4-8-28-13)18(29-16)25-17(27)14-9-12(20(22,23)24)6-7-15(14)21/h4-9,11H,10H2,1-3H3. The van der Waals surface area contributed by atoms with Crippen molar-refractivity contribution in [3.63, 3.8) is 0 Å². The second-order valence-electron chi connectivity index (χ2n) is 7.44. The monoisotopic (exact) mass is 426 g/mol. The van der Waals surface area contributed by atoms with Gasteiger partial charge in [0, 0.05) is 11.1 Å². The molecule has 0 atom stereocenters. The molecule has 1 aromatic carbocycles. The summed E-state index contributed by atoms with van der Waals surface area (Å²) in [5.41, 5.74) is -2.08. The summed E-state index contributed by atoms with van der Waals surface area (Å²) >= 11 is 1.22. The summed E-state index contributed by atoms with van der Waals surface area (Å²) in [7, 11) is 0. The average molecular weight is 426 g/mol. The van der Waals surface area contributed by atoms with E-state index in [0.717, 1.165) is 4.88 Å². The van der Waals surface area contributed by atoms with Gasteiger partial charge >= 0.3 is 6.18 Å². The molecule has 3 aromatic rings. The fourth-order valence-corrected chi connectivity index (χ4v) is 3.56. The molecule has 3 rings (SSSR count). The second-order valence-corrected chi connectivity index (χ2v) is 8.45. The molecule has 0 aliphatic carbocycles. The fourth-order valence-electron chi connectivity index (χ4n) is 2.51. The molecule has 9 heteroatoms. The van der Waals surface area contributed by atoms with Crippen molar-refractivity contribution in [2.75, 3.05) is 0 Å². The Hall–Kier alpha value is -2.68. The molecule has 0 unspecified atom stereocenters. The SMILES string of the molecule is CC(C)(C)c1cn(Cc2ccco2)c(=NC(=O)c2cc(C(F)(F)F)ccc2F)s1. The summed E-state index contributed by atoms with van der Waals surface area (Å²) < 4.78 is 59.8. The third-order valence-corrected chi connectivity index (χ3v) is 5.53. The third kappa shape index (κ3) is 4.84. The van der Waals surface area contributed by atoms with Gasteiger partial charge in [0.15, 0.2) is 4.80 Å². The predicted octanol–water partition coefficient (Wildman–Crippen LogP) is 5.39. The fraction of sp³-hybridized carbons (Fsp3) is 0.300. The number of carbonyl (C=O) groups is 1. The van der Waals surface area contributed by atoms with Gasteiger partial charge in [-0.05, 0) is 35.7 Å². The zero-order valence-corrected chi connectivity index (χ0v) is 16.7. The molecule has 0 aliphatic heterocycles. The molecule has 0 saturated heterocycles. The number of furan rings is 1. The van der Waals surface area contributed by atoms with Gasteiger partial charge in [-0.3, -0.25) is 4.79 Å². The van der Waals surface area contributed by atoms with Crippen molar-refractivity contribution in [2.24, 2.45) is 4.99 Å². The van der Waals surface area contributed by atoms with Crippen molar-refractivity contribution in [1.29, 1.82) is 0 Å². The minimum atomic E-state index is -4.69. The number of aromatic nitrogens is 1. The van der Waals surface area contributed by atoms with Crippen LogP contribution in [0.25, 0.3) is 0 Å². The Morgan fingerprint density at radius 2 is 1.93 bits per heavy atom. The highest BCUT2D eigenvalue weighted by Crippen LogP contribution is 2.30. The first kappa shape index (κ1) is 21.0. The first-order valence-corrected chi connectivity index (χ1v) is 9.46. The summed E-state index contributed by atoms with van der Waals surface area (Å²) in [6.07, 6.45) is -1.38. The van der Waals surface area contributed by atoms with E-state index in [2.05, 4.69) is 4.99 Å². The maximum Gasteiger partial charge on any atom is 0.416 e. The number of thiazole rings is 1. The van der Waals surface area contributed by atoms with Crippen LogP contribution < -0.4 is 4.80 Å². The van der Waals surface area contributed by atoms with Crippen LogP contribution in [0.5, 0.6) is 0 Å². The maximum atomic E-state index is 14.0. The van der Waals surface area contributed by atoms with Crippen LogP contribution in [0.1, 0.15) is 47.3 Å². The van der Waals surface area contributed by atoms with Crippen LogP contribution >= 0.6 is 11.3 Å². The Bertz CT molecular complexity index is 1090. The van der Waals surface area contributed by atoms with E-state index in [1.165, 1.54) is 17.6 Å². The molecule has 1 amide bonds. The van der Waals surface area contributed by atoms with E-state index < -0.39 is 29.0 Å². The largest absolute Gasteiger partial charge is 0.467 e. The first-order valence-electron chi connectivity index (χ1n) is 8.64. The molecule has 0 aliphatic rings. The zero-order chi connectivity index (χ0) is 21.4. The Balaban J connectivity index is 2.07. The van der Waals surface area contributed by atoms with Gasteiger partial charge in [0.1, 0.15) is 11.6 Å². The van der Waals surface area contributed by atoms with Crippen LogP contribution in [-0.4, -0.2) is 10.5 Å². The molecule has 0 saturated carbocycles. The van der Waals surface area contributed by atoms with Crippen LogP contribution in [0.15, 0.2) is 52.2 Å². The van der Waals surface area contributed by atoms with Crippen molar-refractivity contribution in [3.8, 4) is 0 Å². The number of carbonyl (C=O) groups excluding carboxylic acids is 1. The van der Waals surface area contributed by atoms with Gasteiger partial charge in [0.25, 0.3) is 5.91 Å². The quantitative estimate of drug-likeness (QED) is 0.528. The highest BCUT2D eigenvalue weighted by Gasteiger charge is 2.32. The van der Waals surface area contributed by atoms with E-state index in [-0.39, 0.29) is 16.8 Å². The minimum Gasteiger partial charge on any atom is -0.467 e. The summed E-state index contributed by atoms with van der Waals surface area (Å²) in [6.45, 7) is 6.22. The third-order valence-electron chi connectivity index (χ3n) is 4.09. The number of hydrogen-bond acceptors (Lipinski definition) is 3. The predicted molar refractivity (Wildman–Crippen MR) is 100 cm³/mol. The van der Waals surface area contributed by atoms with Crippen LogP contribution in [0.3, 0.4) is 0 Å². The molecule has 154 valence electrons. The van der Waals surface area contributed by atoms with E-state index in [1.54, 1.807) is 16.7 Å². The summed E-state index contributed by atoms with van der Waals surface area (Å²) in [6, 6.07) is 5.16. The number of nitrogens with zero attached hydrogens (tertiary/aromatic N) is 2. The summed E-state index contributed by atoms with van der Waals surface area (Å²) in [5.74, 6) is -1.52. The summed E-state index contributed by atoms with van der Waals surface area (Å²) in [5, 5.41) is 0. The number of benzene rings is 1. The Morgan fingerprint density at radius 3 is 2.52 bits per heavy atom. The summed E-state index contributed by atoms with van der Waals surface area (Å²) in [4.78, 5) is 17.6. The molecular weight excluding hydrogens is 408 g/mol. The van der Waals surface area contributed by atoms with Crippen LogP contribution in [0.2, 0.25) is 0 Å². The molecule has 0 fully saturated rings. The molecule has 2 heterocycles. The zero-order valence-electron chi connectivity index (χ0n) is 15.9. The highest BCUT2D eigenvalue weighted by molar-refractivity contribution is 7.09. The smallest absolute Gasteiger partial charge is 0.416 e. The maximum absolute atomic E-state index is 14.0. The Kier molecular flexibility index (Phi) is 5.53. The minimum absolute atomic E-state index is 0.242. The van der Waals surface area contributed by atoms with E-state index in [0.29, 0.717) is 24.0 Å². The van der Waals surface area contributed by atoms with Crippen molar-refractivity contribution in [2.45, 2.75) is 38.9 Å². The van der Waals surface area contributed by atoms with Gasteiger partial charge in [-0.1, -0.05) is 20.8 Å². The molecule has 29 heavy (non-hydrogen) atoms. The molecule has 0 radical (unpaired) electrons. The number of hydrogen-bond donors (Lipinski definition) is 0. The molecule has 2 aromatic heterocycles. The molecule has 0 spiro atoms. The number of rotatable bonds is 3. The Labute approximate surface area is 168 Å². The number of alkyl halides is 3. The van der Waals surface area contributed by atoms with Crippen molar-refractivity contribution in [3.05, 3.63) is 75.2 Å². The van der Waals surface area contributed by atoms with Gasteiger partial charge < -0.3 is 8.98 Å². The van der Waals surface area contributed by atoms with E-state index in [4.69, 9.17) is 4.42 Å². The molecule has 0 N–H and O–H groups in total. The lowest BCUT2D eigenvalue weighted by Gasteiger charge is -2.14. The van der Waals surface area contributed by atoms with Crippen LogP contribution in [-0.2, 0) is 18.1 Å². The van der Waals surface area contributed by atoms with Gasteiger partial charge in [-0.25, -0.2) is 4.39 Å². The van der Waals surface area contributed by atoms with Gasteiger partial charge in [-0.15, -0.1) is 11.3 Å². The topological polar surface area (TPSA) is 47.5 Å². The lowest BCUT2D eigenvalue weighted by molar-refractivity contribution is -0.137. The normalized spacial score (nSPS) is 13.1. The highest BCUT2D eigenvalue weighted by atomic mass is 32.1. The molecular formula is C20H18F4N2O2S. The lowest BCUT2D eigenvalue weighted by atomic mass is 9.95. The van der Waals surface area contributed by atoms with E-state index in [1.807, 2.05) is 27.0 Å². The van der Waals surface area contributed by atoms with Crippen molar-refractivity contribution in [1.82, 2.24) is 4.57 Å². The van der Waals surface area contributed by atoms with E-state index >= 15 is 0 Å². The first-order chi connectivity index (χ1) is 13.4. The second kappa shape index (κ2) is 7.62. The van der Waals surface area contributed by atoms with Gasteiger partial charge in [0.2, 0.25) is 0 Å². The molecule has 0 bridgehead atoms. The lowest BCUT2D eigenvalue weighted by Crippen LogP contribution is -2.17. The van der Waals surface area contributed by atoms with Crippen LogP contribution in [0, 0.1) is 5.82 Å². The van der Waals surface area contributed by atoms with Crippen molar-refractivity contribution >= 4 is 17.2 Å². The molecule has 4 nitrogen and oxygen atoms in total.